The summed E-state index contributed by atoms with van der Waals surface area (Å²) < 4.78 is 5.70. The van der Waals surface area contributed by atoms with Crippen molar-refractivity contribution in [3.8, 4) is 0 Å². The van der Waals surface area contributed by atoms with E-state index in [1.54, 1.807) is 0 Å². The van der Waals surface area contributed by atoms with E-state index in [2.05, 4.69) is 19.1 Å². The predicted molar refractivity (Wildman–Crippen MR) is 66.1 cm³/mol. The van der Waals surface area contributed by atoms with Crippen molar-refractivity contribution in [1.29, 1.82) is 0 Å². The zero-order valence-electron chi connectivity index (χ0n) is 10.2. The van der Waals surface area contributed by atoms with E-state index in [1.165, 1.54) is 57.8 Å². The fraction of sp³-hybridized carbons (Fsp3) is 0.857. The summed E-state index contributed by atoms with van der Waals surface area (Å²) >= 11 is 0. The normalized spacial score (nSPS) is 27.7. The lowest BCUT2D eigenvalue weighted by Crippen LogP contribution is -2.09. The van der Waals surface area contributed by atoms with Gasteiger partial charge in [-0.2, -0.15) is 0 Å². The van der Waals surface area contributed by atoms with Crippen LogP contribution >= 0.6 is 0 Å². The van der Waals surface area contributed by atoms with E-state index in [4.69, 9.17) is 4.74 Å². The van der Waals surface area contributed by atoms with Crippen molar-refractivity contribution in [1.82, 2.24) is 0 Å². The summed E-state index contributed by atoms with van der Waals surface area (Å²) in [5, 5.41) is 0. The molecule has 1 atom stereocenters. The average Bonchev–Trinajstić information content (AvgIpc) is 2.22. The zero-order chi connectivity index (χ0) is 10.8. The molecule has 15 heavy (non-hydrogen) atoms. The van der Waals surface area contributed by atoms with Crippen molar-refractivity contribution in [3.63, 3.8) is 0 Å². The summed E-state index contributed by atoms with van der Waals surface area (Å²) in [5.74, 6) is 0. The van der Waals surface area contributed by atoms with Gasteiger partial charge in [0.25, 0.3) is 0 Å². The lowest BCUT2D eigenvalue weighted by Gasteiger charge is -2.13. The minimum atomic E-state index is 0.384. The summed E-state index contributed by atoms with van der Waals surface area (Å²) in [6.07, 6.45) is 17.2. The van der Waals surface area contributed by atoms with Gasteiger partial charge in [-0.15, -0.1) is 0 Å². The number of hydrogen-bond acceptors (Lipinski definition) is 1. The van der Waals surface area contributed by atoms with Gasteiger partial charge in [-0.1, -0.05) is 50.7 Å². The third-order valence-electron chi connectivity index (χ3n) is 3.09. The highest BCUT2D eigenvalue weighted by atomic mass is 16.5. The van der Waals surface area contributed by atoms with Crippen LogP contribution in [0.25, 0.3) is 0 Å². The SMILES string of the molecule is CCOC1/C=C\CCCCCCCCC1. The Hall–Kier alpha value is -0.300. The Balaban J connectivity index is 2.30. The molecular formula is C14H26O. The monoisotopic (exact) mass is 210 g/mol. The lowest BCUT2D eigenvalue weighted by atomic mass is 10.0. The first-order chi connectivity index (χ1) is 7.43. The van der Waals surface area contributed by atoms with E-state index in [0.717, 1.165) is 6.61 Å². The van der Waals surface area contributed by atoms with E-state index < -0.39 is 0 Å². The van der Waals surface area contributed by atoms with Crippen LogP contribution in [-0.4, -0.2) is 12.7 Å². The zero-order valence-corrected chi connectivity index (χ0v) is 10.2. The van der Waals surface area contributed by atoms with Crippen LogP contribution in [-0.2, 0) is 4.74 Å². The van der Waals surface area contributed by atoms with Gasteiger partial charge in [0, 0.05) is 6.61 Å². The summed E-state index contributed by atoms with van der Waals surface area (Å²) in [5.41, 5.74) is 0. The molecule has 1 aliphatic carbocycles. The number of ether oxygens (including phenoxy) is 1. The van der Waals surface area contributed by atoms with Crippen LogP contribution in [0.1, 0.15) is 64.7 Å². The smallest absolute Gasteiger partial charge is 0.0755 e. The first-order valence-corrected chi connectivity index (χ1v) is 6.71. The third kappa shape index (κ3) is 6.72. The maximum Gasteiger partial charge on any atom is 0.0755 e. The molecule has 0 spiro atoms. The van der Waals surface area contributed by atoms with Crippen LogP contribution in [0.2, 0.25) is 0 Å². The van der Waals surface area contributed by atoms with E-state index in [9.17, 15) is 0 Å². The molecule has 0 saturated carbocycles. The van der Waals surface area contributed by atoms with Crippen molar-refractivity contribution < 1.29 is 4.74 Å². The van der Waals surface area contributed by atoms with Crippen molar-refractivity contribution in [3.05, 3.63) is 12.2 Å². The Bertz CT molecular complexity index is 163. The van der Waals surface area contributed by atoms with Gasteiger partial charge in [0.2, 0.25) is 0 Å². The second-order valence-corrected chi connectivity index (χ2v) is 4.47. The largest absolute Gasteiger partial charge is 0.374 e. The second-order valence-electron chi connectivity index (χ2n) is 4.47. The van der Waals surface area contributed by atoms with Gasteiger partial charge in [-0.25, -0.2) is 0 Å². The Labute approximate surface area is 94.9 Å². The van der Waals surface area contributed by atoms with Crippen molar-refractivity contribution in [2.75, 3.05) is 6.61 Å². The van der Waals surface area contributed by atoms with Crippen molar-refractivity contribution in [2.24, 2.45) is 0 Å². The molecule has 0 saturated heterocycles. The molecule has 1 nitrogen and oxygen atoms in total. The fourth-order valence-corrected chi connectivity index (χ4v) is 2.19. The highest BCUT2D eigenvalue weighted by molar-refractivity contribution is 4.89. The highest BCUT2D eigenvalue weighted by Gasteiger charge is 2.04. The van der Waals surface area contributed by atoms with E-state index in [0.29, 0.717) is 6.10 Å². The third-order valence-corrected chi connectivity index (χ3v) is 3.09. The van der Waals surface area contributed by atoms with Gasteiger partial charge in [0.05, 0.1) is 6.10 Å². The van der Waals surface area contributed by atoms with Gasteiger partial charge in [-0.3, -0.25) is 0 Å². The molecule has 0 aromatic carbocycles. The van der Waals surface area contributed by atoms with Crippen molar-refractivity contribution >= 4 is 0 Å². The molecule has 0 bridgehead atoms. The van der Waals surface area contributed by atoms with Gasteiger partial charge < -0.3 is 4.74 Å². The minimum Gasteiger partial charge on any atom is -0.374 e. The van der Waals surface area contributed by atoms with Crippen LogP contribution in [0.4, 0.5) is 0 Å². The van der Waals surface area contributed by atoms with Crippen LogP contribution in [0, 0.1) is 0 Å². The van der Waals surface area contributed by atoms with Gasteiger partial charge in [0.15, 0.2) is 0 Å². The summed E-state index contributed by atoms with van der Waals surface area (Å²) in [6.45, 7) is 2.93. The number of rotatable bonds is 2. The molecule has 0 amide bonds. The van der Waals surface area contributed by atoms with Gasteiger partial charge in [-0.05, 0) is 26.2 Å². The molecule has 0 radical (unpaired) electrons. The topological polar surface area (TPSA) is 9.23 Å². The number of allylic oxidation sites excluding steroid dienone is 1. The lowest BCUT2D eigenvalue weighted by molar-refractivity contribution is 0.0880. The van der Waals surface area contributed by atoms with Crippen LogP contribution in [0.15, 0.2) is 12.2 Å². The first kappa shape index (κ1) is 12.8. The summed E-state index contributed by atoms with van der Waals surface area (Å²) in [6, 6.07) is 0. The molecule has 0 N–H and O–H groups in total. The first-order valence-electron chi connectivity index (χ1n) is 6.71. The Morgan fingerprint density at radius 3 is 2.40 bits per heavy atom. The maximum absolute atomic E-state index is 5.70. The molecule has 1 aliphatic rings. The molecular weight excluding hydrogens is 184 g/mol. The van der Waals surface area contributed by atoms with E-state index in [1.807, 2.05) is 0 Å². The average molecular weight is 210 g/mol. The molecule has 0 aromatic heterocycles. The molecule has 0 aromatic rings. The van der Waals surface area contributed by atoms with E-state index >= 15 is 0 Å². The Kier molecular flexibility index (Phi) is 7.63. The molecule has 88 valence electrons. The van der Waals surface area contributed by atoms with Crippen LogP contribution in [0.5, 0.6) is 0 Å². The van der Waals surface area contributed by atoms with Crippen LogP contribution < -0.4 is 0 Å². The second kappa shape index (κ2) is 8.96. The Morgan fingerprint density at radius 1 is 1.00 bits per heavy atom. The predicted octanol–water partition coefficient (Wildman–Crippen LogP) is 4.47. The standard InChI is InChI=1S/C14H26O/c1-2-15-14-12-10-8-6-4-3-5-7-9-11-13-14/h10,12,14H,2-9,11,13H2,1H3/b12-10-. The minimum absolute atomic E-state index is 0.384. The quantitative estimate of drug-likeness (QED) is 0.611. The molecule has 1 heteroatoms. The Morgan fingerprint density at radius 2 is 1.67 bits per heavy atom. The molecule has 0 fully saturated rings. The van der Waals surface area contributed by atoms with E-state index in [-0.39, 0.29) is 0 Å². The summed E-state index contributed by atoms with van der Waals surface area (Å²) in [7, 11) is 0. The molecule has 1 unspecified atom stereocenters. The van der Waals surface area contributed by atoms with Gasteiger partial charge in [0.1, 0.15) is 0 Å². The van der Waals surface area contributed by atoms with Gasteiger partial charge >= 0.3 is 0 Å². The van der Waals surface area contributed by atoms with Crippen LogP contribution in [0.3, 0.4) is 0 Å². The summed E-state index contributed by atoms with van der Waals surface area (Å²) in [4.78, 5) is 0. The maximum atomic E-state index is 5.70. The highest BCUT2D eigenvalue weighted by Crippen LogP contribution is 2.14. The van der Waals surface area contributed by atoms with Crippen molar-refractivity contribution in [2.45, 2.75) is 70.8 Å². The molecule has 0 aliphatic heterocycles. The number of hydrogen-bond donors (Lipinski definition) is 0. The molecule has 0 heterocycles. The molecule has 1 rings (SSSR count). The fourth-order valence-electron chi connectivity index (χ4n) is 2.19.